The summed E-state index contributed by atoms with van der Waals surface area (Å²) in [7, 11) is -3.74. The van der Waals surface area contributed by atoms with Gasteiger partial charge in [0.2, 0.25) is 21.8 Å². The molecule has 2 amide bonds. The van der Waals surface area contributed by atoms with Crippen LogP contribution in [0.25, 0.3) is 0 Å². The fourth-order valence-corrected chi connectivity index (χ4v) is 4.44. The van der Waals surface area contributed by atoms with Crippen LogP contribution in [-0.2, 0) is 26.2 Å². The predicted octanol–water partition coefficient (Wildman–Crippen LogP) is 3.83. The minimum Gasteiger partial charge on any atom is -0.354 e. The summed E-state index contributed by atoms with van der Waals surface area (Å²) >= 11 is 0. The zero-order chi connectivity index (χ0) is 25.5. The molecular formula is C26H37N3O4S. The van der Waals surface area contributed by atoms with Gasteiger partial charge in [0.05, 0.1) is 11.9 Å². The minimum absolute atomic E-state index is 0.204. The number of nitrogens with one attached hydrogen (secondary N) is 1. The number of anilines is 1. The van der Waals surface area contributed by atoms with Crippen molar-refractivity contribution < 1.29 is 18.0 Å². The SMILES string of the molecule is CCCNC(=O)[C@H](C)N(Cc1ccccc1C)C(=O)CN(c1ccc(C(C)C)cc1)S(C)(=O)=O. The van der Waals surface area contributed by atoms with Crippen molar-refractivity contribution in [2.75, 3.05) is 23.7 Å². The summed E-state index contributed by atoms with van der Waals surface area (Å²) in [5.41, 5.74) is 3.38. The molecule has 1 N–H and O–H groups in total. The lowest BCUT2D eigenvalue weighted by molar-refractivity contribution is -0.139. The summed E-state index contributed by atoms with van der Waals surface area (Å²) in [6.45, 7) is 10.0. The number of hydrogen-bond acceptors (Lipinski definition) is 4. The number of sulfonamides is 1. The maximum absolute atomic E-state index is 13.5. The predicted molar refractivity (Wildman–Crippen MR) is 137 cm³/mol. The van der Waals surface area contributed by atoms with Gasteiger partial charge in [-0.3, -0.25) is 13.9 Å². The second-order valence-corrected chi connectivity index (χ2v) is 10.8. The lowest BCUT2D eigenvalue weighted by Crippen LogP contribution is -2.51. The van der Waals surface area contributed by atoms with Crippen molar-refractivity contribution in [3.8, 4) is 0 Å². The third-order valence-corrected chi connectivity index (χ3v) is 6.99. The third-order valence-electron chi connectivity index (χ3n) is 5.85. The van der Waals surface area contributed by atoms with Crippen molar-refractivity contribution in [1.82, 2.24) is 10.2 Å². The van der Waals surface area contributed by atoms with E-state index in [4.69, 9.17) is 0 Å². The Morgan fingerprint density at radius 1 is 1.00 bits per heavy atom. The molecule has 0 aliphatic carbocycles. The molecule has 0 unspecified atom stereocenters. The van der Waals surface area contributed by atoms with Crippen molar-refractivity contribution in [2.24, 2.45) is 0 Å². The quantitative estimate of drug-likeness (QED) is 0.522. The number of rotatable bonds is 11. The largest absolute Gasteiger partial charge is 0.354 e. The van der Waals surface area contributed by atoms with Crippen molar-refractivity contribution in [3.63, 3.8) is 0 Å². The molecule has 0 spiro atoms. The monoisotopic (exact) mass is 487 g/mol. The molecule has 186 valence electrons. The molecule has 0 aliphatic rings. The van der Waals surface area contributed by atoms with Crippen molar-refractivity contribution in [2.45, 2.75) is 59.5 Å². The number of nitrogens with zero attached hydrogens (tertiary/aromatic N) is 2. The van der Waals surface area contributed by atoms with Gasteiger partial charge in [-0.2, -0.15) is 0 Å². The molecule has 0 aliphatic heterocycles. The zero-order valence-electron chi connectivity index (χ0n) is 21.0. The van der Waals surface area contributed by atoms with E-state index in [1.54, 1.807) is 19.1 Å². The Hall–Kier alpha value is -2.87. The van der Waals surface area contributed by atoms with Gasteiger partial charge in [0, 0.05) is 13.1 Å². The maximum Gasteiger partial charge on any atom is 0.244 e. The van der Waals surface area contributed by atoms with Crippen LogP contribution in [0.2, 0.25) is 0 Å². The molecule has 8 heteroatoms. The fraction of sp³-hybridized carbons (Fsp3) is 0.462. The molecule has 0 heterocycles. The standard InChI is InChI=1S/C26H37N3O4S/c1-7-16-27-26(31)21(5)28(17-23-11-9-8-10-20(23)4)25(30)18-29(34(6,32)33)24-14-12-22(13-15-24)19(2)3/h8-15,19,21H,7,16-18H2,1-6H3,(H,27,31)/t21-/m0/s1. The Morgan fingerprint density at radius 2 is 1.62 bits per heavy atom. The van der Waals surface area contributed by atoms with Crippen LogP contribution < -0.4 is 9.62 Å². The molecular weight excluding hydrogens is 450 g/mol. The van der Waals surface area contributed by atoms with Crippen LogP contribution in [0, 0.1) is 6.92 Å². The molecule has 0 aromatic heterocycles. The Morgan fingerprint density at radius 3 is 2.15 bits per heavy atom. The van der Waals surface area contributed by atoms with E-state index in [-0.39, 0.29) is 12.5 Å². The highest BCUT2D eigenvalue weighted by Gasteiger charge is 2.30. The lowest BCUT2D eigenvalue weighted by atomic mass is 10.0. The number of hydrogen-bond donors (Lipinski definition) is 1. The zero-order valence-corrected chi connectivity index (χ0v) is 21.9. The van der Waals surface area contributed by atoms with Crippen LogP contribution in [0.5, 0.6) is 0 Å². The molecule has 7 nitrogen and oxygen atoms in total. The molecule has 2 aromatic rings. The number of aryl methyl sites for hydroxylation is 1. The van der Waals surface area contributed by atoms with E-state index in [0.717, 1.165) is 33.7 Å². The average Bonchev–Trinajstić information content (AvgIpc) is 2.79. The number of benzene rings is 2. The van der Waals surface area contributed by atoms with Gasteiger partial charge in [-0.1, -0.05) is 57.2 Å². The smallest absolute Gasteiger partial charge is 0.244 e. The summed E-state index contributed by atoms with van der Waals surface area (Å²) in [4.78, 5) is 27.7. The topological polar surface area (TPSA) is 86.8 Å². The van der Waals surface area contributed by atoms with Gasteiger partial charge in [0.25, 0.3) is 0 Å². The van der Waals surface area contributed by atoms with Crippen molar-refractivity contribution in [1.29, 1.82) is 0 Å². The summed E-state index contributed by atoms with van der Waals surface area (Å²) in [6.07, 6.45) is 1.86. The van der Waals surface area contributed by atoms with Crippen LogP contribution >= 0.6 is 0 Å². The van der Waals surface area contributed by atoms with Gasteiger partial charge in [-0.15, -0.1) is 0 Å². The fourth-order valence-electron chi connectivity index (χ4n) is 3.59. The second kappa shape index (κ2) is 12.0. The molecule has 0 bridgehead atoms. The Balaban J connectivity index is 2.38. The number of carbonyl (C=O) groups is 2. The van der Waals surface area contributed by atoms with Gasteiger partial charge in [0.15, 0.2) is 0 Å². The van der Waals surface area contributed by atoms with Gasteiger partial charge >= 0.3 is 0 Å². The van der Waals surface area contributed by atoms with E-state index in [1.807, 2.05) is 50.2 Å². The Bertz CT molecular complexity index is 1080. The van der Waals surface area contributed by atoms with Crippen molar-refractivity contribution >= 4 is 27.5 Å². The number of carbonyl (C=O) groups excluding carboxylic acids is 2. The van der Waals surface area contributed by atoms with Gasteiger partial charge < -0.3 is 10.2 Å². The molecule has 2 aromatic carbocycles. The summed E-state index contributed by atoms with van der Waals surface area (Å²) in [5, 5.41) is 2.84. The first-order valence-corrected chi connectivity index (χ1v) is 13.5. The Labute approximate surface area is 204 Å². The number of amides is 2. The summed E-state index contributed by atoms with van der Waals surface area (Å²) in [5.74, 6) is -0.411. The van der Waals surface area contributed by atoms with Crippen LogP contribution in [0.4, 0.5) is 5.69 Å². The average molecular weight is 488 g/mol. The van der Waals surface area contributed by atoms with Crippen LogP contribution in [0.3, 0.4) is 0 Å². The van der Waals surface area contributed by atoms with Gasteiger partial charge in [-0.25, -0.2) is 8.42 Å². The lowest BCUT2D eigenvalue weighted by Gasteiger charge is -2.32. The molecule has 0 radical (unpaired) electrons. The van der Waals surface area contributed by atoms with Gasteiger partial charge in [0.1, 0.15) is 12.6 Å². The van der Waals surface area contributed by atoms with E-state index < -0.39 is 28.5 Å². The highest BCUT2D eigenvalue weighted by atomic mass is 32.2. The van der Waals surface area contributed by atoms with E-state index in [0.29, 0.717) is 18.2 Å². The molecule has 2 rings (SSSR count). The van der Waals surface area contributed by atoms with Crippen molar-refractivity contribution in [3.05, 3.63) is 65.2 Å². The molecule has 0 fully saturated rings. The van der Waals surface area contributed by atoms with Crippen LogP contribution in [0.15, 0.2) is 48.5 Å². The molecule has 0 saturated heterocycles. The third kappa shape index (κ3) is 7.32. The first kappa shape index (κ1) is 27.4. The van der Waals surface area contributed by atoms with E-state index in [1.165, 1.54) is 4.90 Å². The highest BCUT2D eigenvalue weighted by Crippen LogP contribution is 2.23. The second-order valence-electron chi connectivity index (χ2n) is 8.93. The highest BCUT2D eigenvalue weighted by molar-refractivity contribution is 7.92. The minimum atomic E-state index is -3.74. The van der Waals surface area contributed by atoms with E-state index in [9.17, 15) is 18.0 Å². The summed E-state index contributed by atoms with van der Waals surface area (Å²) < 4.78 is 26.4. The Kier molecular flexibility index (Phi) is 9.67. The first-order valence-electron chi connectivity index (χ1n) is 11.6. The normalized spacial score (nSPS) is 12.3. The molecule has 0 saturated carbocycles. The van der Waals surface area contributed by atoms with Crippen LogP contribution in [-0.4, -0.2) is 50.5 Å². The van der Waals surface area contributed by atoms with Crippen LogP contribution in [0.1, 0.15) is 56.7 Å². The first-order chi connectivity index (χ1) is 16.0. The van der Waals surface area contributed by atoms with Gasteiger partial charge in [-0.05, 0) is 55.0 Å². The van der Waals surface area contributed by atoms with E-state index in [2.05, 4.69) is 19.2 Å². The molecule has 34 heavy (non-hydrogen) atoms. The summed E-state index contributed by atoms with van der Waals surface area (Å²) in [6, 6.07) is 14.1. The maximum atomic E-state index is 13.5. The molecule has 1 atom stereocenters. The van der Waals surface area contributed by atoms with E-state index >= 15 is 0 Å².